The van der Waals surface area contributed by atoms with Crippen LogP contribution in [-0.2, 0) is 17.1 Å². The second-order valence-corrected chi connectivity index (χ2v) is 7.05. The summed E-state index contributed by atoms with van der Waals surface area (Å²) in [4.78, 5) is 3.97. The molecule has 0 saturated carbocycles. The molecular weight excluding hydrogens is 288 g/mol. The van der Waals surface area contributed by atoms with Gasteiger partial charge in [-0.2, -0.15) is 4.31 Å². The Bertz CT molecular complexity index is 545. The Kier molecular flexibility index (Phi) is 4.20. The summed E-state index contributed by atoms with van der Waals surface area (Å²) in [6.45, 7) is 1.16. The van der Waals surface area contributed by atoms with Crippen LogP contribution in [0.25, 0.3) is 0 Å². The Morgan fingerprint density at radius 2 is 2.05 bits per heavy atom. The first-order valence-electron chi connectivity index (χ1n) is 6.30. The normalized spacial score (nSPS) is 27.8. The highest BCUT2D eigenvalue weighted by Crippen LogP contribution is 2.24. The molecule has 2 saturated heterocycles. The van der Waals surface area contributed by atoms with Crippen LogP contribution in [0.3, 0.4) is 0 Å². The molecule has 1 N–H and O–H groups in total. The van der Waals surface area contributed by atoms with Crippen molar-refractivity contribution in [2.45, 2.75) is 36.4 Å². The average Bonchev–Trinajstić information content (AvgIpc) is 2.85. The molecule has 2 unspecified atom stereocenters. The first kappa shape index (κ1) is 14.8. The summed E-state index contributed by atoms with van der Waals surface area (Å²) in [7, 11) is -1.65. The first-order valence-corrected chi connectivity index (χ1v) is 7.74. The zero-order valence-corrected chi connectivity index (χ0v) is 12.5. The van der Waals surface area contributed by atoms with E-state index in [0.29, 0.717) is 25.2 Å². The van der Waals surface area contributed by atoms with Gasteiger partial charge in [0.15, 0.2) is 5.03 Å². The van der Waals surface area contributed by atoms with E-state index in [1.807, 2.05) is 0 Å². The van der Waals surface area contributed by atoms with Gasteiger partial charge in [-0.1, -0.05) is 0 Å². The predicted octanol–water partition coefficient (Wildman–Crippen LogP) is 0.357. The zero-order chi connectivity index (χ0) is 12.8. The second-order valence-electron chi connectivity index (χ2n) is 5.17. The summed E-state index contributed by atoms with van der Waals surface area (Å²) >= 11 is 0. The fraction of sp³-hybridized carbons (Fsp3) is 0.727. The lowest BCUT2D eigenvalue weighted by atomic mass is 10.1. The molecule has 19 heavy (non-hydrogen) atoms. The number of hydrogen-bond donors (Lipinski definition) is 1. The van der Waals surface area contributed by atoms with Gasteiger partial charge < -0.3 is 9.88 Å². The van der Waals surface area contributed by atoms with Gasteiger partial charge in [0.05, 0.1) is 6.33 Å². The van der Waals surface area contributed by atoms with Crippen molar-refractivity contribution in [1.82, 2.24) is 19.2 Å². The van der Waals surface area contributed by atoms with Crippen LogP contribution in [0, 0.1) is 0 Å². The molecule has 8 heteroatoms. The Balaban J connectivity index is 0.00000133. The van der Waals surface area contributed by atoms with Crippen LogP contribution in [0.15, 0.2) is 17.6 Å². The first-order chi connectivity index (χ1) is 8.55. The van der Waals surface area contributed by atoms with Crippen LogP contribution in [0.4, 0.5) is 0 Å². The van der Waals surface area contributed by atoms with Crippen molar-refractivity contribution in [2.24, 2.45) is 7.05 Å². The van der Waals surface area contributed by atoms with Crippen molar-refractivity contribution in [1.29, 1.82) is 0 Å². The van der Waals surface area contributed by atoms with Crippen LogP contribution in [0.5, 0.6) is 0 Å². The van der Waals surface area contributed by atoms with E-state index in [2.05, 4.69) is 10.3 Å². The number of sulfonamides is 1. The van der Waals surface area contributed by atoms with Gasteiger partial charge >= 0.3 is 0 Å². The molecule has 2 aliphatic rings. The Labute approximate surface area is 119 Å². The second kappa shape index (κ2) is 5.40. The van der Waals surface area contributed by atoms with Gasteiger partial charge in [-0.25, -0.2) is 13.4 Å². The number of imidazole rings is 1. The molecule has 0 amide bonds. The lowest BCUT2D eigenvalue weighted by molar-refractivity contribution is 0.382. The molecule has 0 aliphatic carbocycles. The van der Waals surface area contributed by atoms with E-state index < -0.39 is 10.0 Å². The molecule has 2 bridgehead atoms. The number of aromatic nitrogens is 2. The van der Waals surface area contributed by atoms with Gasteiger partial charge in [0.2, 0.25) is 0 Å². The minimum absolute atomic E-state index is 0. The van der Waals surface area contributed by atoms with E-state index in [-0.39, 0.29) is 17.4 Å². The molecule has 2 aliphatic heterocycles. The number of nitrogens with zero attached hydrogens (tertiary/aromatic N) is 3. The third-order valence-electron chi connectivity index (χ3n) is 3.77. The number of halogens is 1. The third-order valence-corrected chi connectivity index (χ3v) is 5.52. The van der Waals surface area contributed by atoms with Gasteiger partial charge in [-0.05, 0) is 19.3 Å². The maximum atomic E-state index is 12.5. The van der Waals surface area contributed by atoms with Crippen molar-refractivity contribution in [2.75, 3.05) is 13.1 Å². The predicted molar refractivity (Wildman–Crippen MR) is 73.8 cm³/mol. The average molecular weight is 307 g/mol. The van der Waals surface area contributed by atoms with Crippen molar-refractivity contribution in [3.63, 3.8) is 0 Å². The van der Waals surface area contributed by atoms with Crippen molar-refractivity contribution < 1.29 is 8.42 Å². The minimum atomic E-state index is -3.43. The molecule has 0 radical (unpaired) electrons. The molecule has 1 aromatic heterocycles. The van der Waals surface area contributed by atoms with Gasteiger partial charge in [-0.15, -0.1) is 12.4 Å². The largest absolute Gasteiger partial charge is 0.339 e. The van der Waals surface area contributed by atoms with Gasteiger partial charge in [-0.3, -0.25) is 0 Å². The zero-order valence-electron chi connectivity index (χ0n) is 10.8. The van der Waals surface area contributed by atoms with Gasteiger partial charge in [0, 0.05) is 38.4 Å². The molecule has 108 valence electrons. The third kappa shape index (κ3) is 2.79. The quantitative estimate of drug-likeness (QED) is 0.856. The van der Waals surface area contributed by atoms with Crippen LogP contribution in [-0.4, -0.2) is 47.4 Å². The molecule has 0 spiro atoms. The van der Waals surface area contributed by atoms with Crippen LogP contribution >= 0.6 is 12.4 Å². The van der Waals surface area contributed by atoms with Crippen LogP contribution in [0.2, 0.25) is 0 Å². The van der Waals surface area contributed by atoms with Crippen LogP contribution < -0.4 is 5.32 Å². The minimum Gasteiger partial charge on any atom is -0.339 e. The highest BCUT2D eigenvalue weighted by molar-refractivity contribution is 7.89. The summed E-state index contributed by atoms with van der Waals surface area (Å²) in [5.74, 6) is 0. The van der Waals surface area contributed by atoms with E-state index in [4.69, 9.17) is 0 Å². The summed E-state index contributed by atoms with van der Waals surface area (Å²) < 4.78 is 28.1. The van der Waals surface area contributed by atoms with Crippen molar-refractivity contribution in [3.8, 4) is 0 Å². The van der Waals surface area contributed by atoms with E-state index >= 15 is 0 Å². The SMILES string of the molecule is Cl.Cn1cnc(S(=O)(=O)N2CCC3CCC(C2)N3)c1. The maximum Gasteiger partial charge on any atom is 0.262 e. The molecule has 6 nitrogen and oxygen atoms in total. The Hall–Kier alpha value is -0.630. The lowest BCUT2D eigenvalue weighted by Gasteiger charge is -2.22. The number of aryl methyl sites for hydroxylation is 1. The summed E-state index contributed by atoms with van der Waals surface area (Å²) in [6.07, 6.45) is 6.21. The topological polar surface area (TPSA) is 67.2 Å². The van der Waals surface area contributed by atoms with E-state index in [1.54, 1.807) is 22.1 Å². The fourth-order valence-electron chi connectivity index (χ4n) is 2.78. The van der Waals surface area contributed by atoms with E-state index in [0.717, 1.165) is 12.8 Å². The molecule has 1 aromatic rings. The monoisotopic (exact) mass is 306 g/mol. The van der Waals surface area contributed by atoms with E-state index in [1.165, 1.54) is 12.7 Å². The van der Waals surface area contributed by atoms with Gasteiger partial charge in [0.1, 0.15) is 0 Å². The Morgan fingerprint density at radius 3 is 2.74 bits per heavy atom. The highest BCUT2D eigenvalue weighted by atomic mass is 35.5. The summed E-state index contributed by atoms with van der Waals surface area (Å²) in [5.41, 5.74) is 0. The summed E-state index contributed by atoms with van der Waals surface area (Å²) in [5, 5.41) is 3.64. The Morgan fingerprint density at radius 1 is 1.32 bits per heavy atom. The number of rotatable bonds is 2. The standard InChI is InChI=1S/C11H18N4O2S.ClH/c1-14-7-11(12-8-14)18(16,17)15-5-4-9-2-3-10(6-15)13-9;/h7-10,13H,2-6H2,1H3;1H. The summed E-state index contributed by atoms with van der Waals surface area (Å²) in [6, 6.07) is 0.787. The highest BCUT2D eigenvalue weighted by Gasteiger charge is 2.35. The van der Waals surface area contributed by atoms with Crippen molar-refractivity contribution >= 4 is 22.4 Å². The molecule has 2 atom stereocenters. The molecule has 3 heterocycles. The number of hydrogen-bond acceptors (Lipinski definition) is 4. The lowest BCUT2D eigenvalue weighted by Crippen LogP contribution is -2.39. The number of fused-ring (bicyclic) bond motifs is 2. The van der Waals surface area contributed by atoms with E-state index in [9.17, 15) is 8.42 Å². The molecular formula is C11H19ClN4O2S. The smallest absolute Gasteiger partial charge is 0.262 e. The molecule has 0 aromatic carbocycles. The maximum absolute atomic E-state index is 12.5. The van der Waals surface area contributed by atoms with Gasteiger partial charge in [0.25, 0.3) is 10.0 Å². The van der Waals surface area contributed by atoms with Crippen LogP contribution in [0.1, 0.15) is 19.3 Å². The molecule has 2 fully saturated rings. The molecule has 3 rings (SSSR count). The fourth-order valence-corrected chi connectivity index (χ4v) is 4.25. The number of nitrogens with one attached hydrogen (secondary N) is 1. The van der Waals surface area contributed by atoms with Crippen molar-refractivity contribution in [3.05, 3.63) is 12.5 Å².